The van der Waals surface area contributed by atoms with Gasteiger partial charge < -0.3 is 4.42 Å². The molecule has 2 heterocycles. The van der Waals surface area contributed by atoms with Crippen molar-refractivity contribution in [2.24, 2.45) is 17.3 Å². The van der Waals surface area contributed by atoms with E-state index in [1.807, 2.05) is 54.6 Å². The molecule has 264 valence electrons. The summed E-state index contributed by atoms with van der Waals surface area (Å²) in [6, 6.07) is 50.5. The Bertz CT molecular complexity index is 2820. The van der Waals surface area contributed by atoms with Crippen LogP contribution in [0.2, 0.25) is 0 Å². The molecule has 2 aromatic heterocycles. The van der Waals surface area contributed by atoms with Crippen molar-refractivity contribution in [3.8, 4) is 62.5 Å². The van der Waals surface area contributed by atoms with Crippen molar-refractivity contribution in [1.29, 1.82) is 5.26 Å². The van der Waals surface area contributed by atoms with Gasteiger partial charge in [-0.15, -0.1) is 0 Å². The summed E-state index contributed by atoms with van der Waals surface area (Å²) in [6.07, 6.45) is 6.52. The van der Waals surface area contributed by atoms with Crippen LogP contribution in [0, 0.1) is 28.6 Å². The Morgan fingerprint density at radius 2 is 1.16 bits per heavy atom. The fourth-order valence-electron chi connectivity index (χ4n) is 10.7. The van der Waals surface area contributed by atoms with Gasteiger partial charge in [0.25, 0.3) is 0 Å². The summed E-state index contributed by atoms with van der Waals surface area (Å²) >= 11 is 0. The molecule has 5 nitrogen and oxygen atoms in total. The molecular weight excluding hydrogens is 673 g/mol. The zero-order valence-corrected chi connectivity index (χ0v) is 30.7. The number of nitriles is 1. The quantitative estimate of drug-likeness (QED) is 0.172. The molecule has 0 saturated heterocycles. The molecule has 0 aliphatic heterocycles. The van der Waals surface area contributed by atoms with E-state index in [0.717, 1.165) is 78.3 Å². The van der Waals surface area contributed by atoms with Crippen LogP contribution in [0.25, 0.3) is 78.4 Å². The second kappa shape index (κ2) is 12.1. The van der Waals surface area contributed by atoms with Crippen LogP contribution in [-0.2, 0) is 5.41 Å². The van der Waals surface area contributed by atoms with Crippen molar-refractivity contribution in [3.63, 3.8) is 0 Å². The molecule has 1 unspecified atom stereocenters. The normalized spacial score (nSPS) is 22.4. The van der Waals surface area contributed by atoms with Crippen molar-refractivity contribution >= 4 is 21.9 Å². The first-order chi connectivity index (χ1) is 27.0. The maximum Gasteiger partial charge on any atom is 0.164 e. The van der Waals surface area contributed by atoms with E-state index in [1.54, 1.807) is 0 Å². The topological polar surface area (TPSA) is 75.6 Å². The van der Waals surface area contributed by atoms with E-state index in [9.17, 15) is 5.26 Å². The summed E-state index contributed by atoms with van der Waals surface area (Å²) in [5.41, 5.74) is 11.6. The van der Waals surface area contributed by atoms with E-state index in [4.69, 9.17) is 19.4 Å². The van der Waals surface area contributed by atoms with Gasteiger partial charge in [0, 0.05) is 33.0 Å². The highest BCUT2D eigenvalue weighted by Gasteiger charge is 2.65. The Morgan fingerprint density at radius 3 is 1.82 bits per heavy atom. The molecule has 3 aliphatic carbocycles. The van der Waals surface area contributed by atoms with Gasteiger partial charge in [0.15, 0.2) is 17.5 Å². The predicted octanol–water partition coefficient (Wildman–Crippen LogP) is 12.4. The van der Waals surface area contributed by atoms with Crippen LogP contribution in [0.1, 0.15) is 50.2 Å². The minimum atomic E-state index is 0.205. The number of hydrogen-bond donors (Lipinski definition) is 0. The number of rotatable bonds is 6. The van der Waals surface area contributed by atoms with Crippen molar-refractivity contribution in [3.05, 3.63) is 151 Å². The third-order valence-corrected chi connectivity index (χ3v) is 13.4. The molecule has 8 aromatic rings. The van der Waals surface area contributed by atoms with E-state index in [1.165, 1.54) is 37.7 Å². The van der Waals surface area contributed by atoms with Crippen LogP contribution in [0.15, 0.2) is 144 Å². The average Bonchev–Trinajstić information content (AvgIpc) is 3.90. The van der Waals surface area contributed by atoms with E-state index in [-0.39, 0.29) is 5.41 Å². The second-order valence-corrected chi connectivity index (χ2v) is 16.4. The molecule has 4 atom stereocenters. The van der Waals surface area contributed by atoms with Crippen molar-refractivity contribution < 1.29 is 4.42 Å². The molecule has 11 rings (SSSR count). The Morgan fingerprint density at radius 1 is 0.582 bits per heavy atom. The summed E-state index contributed by atoms with van der Waals surface area (Å²) in [5.74, 6) is 3.49. The first-order valence-corrected chi connectivity index (χ1v) is 19.5. The lowest BCUT2D eigenvalue weighted by atomic mass is 9.71. The summed E-state index contributed by atoms with van der Waals surface area (Å²) in [4.78, 5) is 15.0. The number of benzene rings is 6. The number of hydrogen-bond acceptors (Lipinski definition) is 5. The standard InChI is InChI=1S/C50H38N4O/c1-49-30-50(27-38(49)22-23-39(49)28-50)40-25-31(29-51)24-37(26-40)32-14-18-35(19-15-32)47-52-46(34-8-3-2-4-9-34)53-48(54-47)36-20-16-33(17-21-36)41-11-7-12-43-42-10-5-6-13-44(42)55-45(41)43/h2-21,24-26,38-39H,22-23,27-28,30H2,1H3/t38-,39+,49-,50?. The average molecular weight is 711 g/mol. The lowest BCUT2D eigenvalue weighted by molar-refractivity contribution is 0.195. The van der Waals surface area contributed by atoms with Crippen LogP contribution < -0.4 is 0 Å². The van der Waals surface area contributed by atoms with E-state index in [0.29, 0.717) is 22.9 Å². The van der Waals surface area contributed by atoms with Crippen LogP contribution in [0.3, 0.4) is 0 Å². The second-order valence-electron chi connectivity index (χ2n) is 16.4. The molecule has 5 heteroatoms. The fourth-order valence-corrected chi connectivity index (χ4v) is 10.7. The molecule has 3 saturated carbocycles. The minimum Gasteiger partial charge on any atom is -0.455 e. The maximum absolute atomic E-state index is 10.1. The van der Waals surface area contributed by atoms with Crippen molar-refractivity contribution in [1.82, 2.24) is 15.0 Å². The molecule has 3 aliphatic rings. The fraction of sp³-hybridized carbons (Fsp3) is 0.200. The van der Waals surface area contributed by atoms with E-state index < -0.39 is 0 Å². The zero-order valence-electron chi connectivity index (χ0n) is 30.7. The van der Waals surface area contributed by atoms with Crippen LogP contribution >= 0.6 is 0 Å². The summed E-state index contributed by atoms with van der Waals surface area (Å²) in [7, 11) is 0. The first-order valence-electron chi connectivity index (χ1n) is 19.5. The summed E-state index contributed by atoms with van der Waals surface area (Å²) in [6.45, 7) is 2.53. The number of furan rings is 1. The van der Waals surface area contributed by atoms with E-state index in [2.05, 4.69) is 97.9 Å². The van der Waals surface area contributed by atoms with Gasteiger partial charge in [0.1, 0.15) is 11.2 Å². The third kappa shape index (κ3) is 5.08. The zero-order chi connectivity index (χ0) is 36.7. The molecule has 3 fully saturated rings. The first kappa shape index (κ1) is 32.1. The van der Waals surface area contributed by atoms with Crippen LogP contribution in [0.4, 0.5) is 0 Å². The van der Waals surface area contributed by atoms with Gasteiger partial charge in [-0.05, 0) is 95.2 Å². The number of fused-ring (bicyclic) bond motifs is 4. The highest BCUT2D eigenvalue weighted by molar-refractivity contribution is 6.09. The summed E-state index contributed by atoms with van der Waals surface area (Å²) < 4.78 is 6.34. The SMILES string of the molecule is C[C@@]12CC3(c4cc(C#N)cc(-c5ccc(-c6nc(-c7ccccc7)nc(-c7ccc(-c8cccc9c8oc8ccccc89)cc7)n6)cc5)c4)C[C@H]1CC[C@H]2C3. The number of para-hydroxylation sites is 2. The molecule has 6 aromatic carbocycles. The van der Waals surface area contributed by atoms with Crippen LogP contribution in [0.5, 0.6) is 0 Å². The van der Waals surface area contributed by atoms with Crippen molar-refractivity contribution in [2.75, 3.05) is 0 Å². The molecule has 55 heavy (non-hydrogen) atoms. The smallest absolute Gasteiger partial charge is 0.164 e. The monoisotopic (exact) mass is 710 g/mol. The Balaban J connectivity index is 0.947. The van der Waals surface area contributed by atoms with Gasteiger partial charge >= 0.3 is 0 Å². The summed E-state index contributed by atoms with van der Waals surface area (Å²) in [5, 5.41) is 12.3. The molecule has 0 spiro atoms. The number of aromatic nitrogens is 3. The maximum atomic E-state index is 10.1. The largest absolute Gasteiger partial charge is 0.455 e. The highest BCUT2D eigenvalue weighted by atomic mass is 16.3. The molecular formula is C50H38N4O. The van der Waals surface area contributed by atoms with Gasteiger partial charge in [0.2, 0.25) is 0 Å². The minimum absolute atomic E-state index is 0.205. The Hall–Kier alpha value is -6.38. The lowest BCUT2D eigenvalue weighted by Gasteiger charge is -2.33. The van der Waals surface area contributed by atoms with Gasteiger partial charge in [0.05, 0.1) is 11.6 Å². The predicted molar refractivity (Wildman–Crippen MR) is 219 cm³/mol. The van der Waals surface area contributed by atoms with Crippen LogP contribution in [-0.4, -0.2) is 15.0 Å². The Kier molecular flexibility index (Phi) is 7.04. The van der Waals surface area contributed by atoms with E-state index >= 15 is 0 Å². The van der Waals surface area contributed by atoms with Gasteiger partial charge in [-0.2, -0.15) is 5.26 Å². The van der Waals surface area contributed by atoms with Gasteiger partial charge in [-0.1, -0.05) is 128 Å². The molecule has 0 radical (unpaired) electrons. The number of nitrogens with zero attached hydrogens (tertiary/aromatic N) is 4. The molecule has 0 amide bonds. The molecule has 2 bridgehead atoms. The highest BCUT2D eigenvalue weighted by Crippen LogP contribution is 2.73. The van der Waals surface area contributed by atoms with Gasteiger partial charge in [-0.25, -0.2) is 15.0 Å². The molecule has 0 N–H and O–H groups in total. The van der Waals surface area contributed by atoms with Gasteiger partial charge in [-0.3, -0.25) is 0 Å². The Labute approximate surface area is 320 Å². The lowest BCUT2D eigenvalue weighted by Crippen LogP contribution is -2.26. The third-order valence-electron chi connectivity index (χ3n) is 13.4. The van der Waals surface area contributed by atoms with Crippen molar-refractivity contribution in [2.45, 2.75) is 44.4 Å².